The third-order valence-corrected chi connectivity index (χ3v) is 3.74. The van der Waals surface area contributed by atoms with Gasteiger partial charge >= 0.3 is 0 Å². The second kappa shape index (κ2) is 7.28. The molecular weight excluding hydrogens is 407 g/mol. The number of aromatic nitrogens is 1. The van der Waals surface area contributed by atoms with E-state index in [-0.39, 0.29) is 18.3 Å². The molecule has 23 heavy (non-hydrogen) atoms. The summed E-state index contributed by atoms with van der Waals surface area (Å²) >= 11 is 2.23. The SMILES string of the molecule is O=C(Nc1ccncc1)c1ccc(COc2ccc(I)cc2)o1. The fourth-order valence-electron chi connectivity index (χ4n) is 1.89. The third kappa shape index (κ3) is 4.32. The van der Waals surface area contributed by atoms with Crippen molar-refractivity contribution in [2.75, 3.05) is 5.32 Å². The Morgan fingerprint density at radius 2 is 1.83 bits per heavy atom. The van der Waals surface area contributed by atoms with Gasteiger partial charge in [0.05, 0.1) is 0 Å². The van der Waals surface area contributed by atoms with E-state index in [1.54, 1.807) is 36.7 Å². The van der Waals surface area contributed by atoms with Gasteiger partial charge in [0.2, 0.25) is 0 Å². The first-order valence-corrected chi connectivity index (χ1v) is 7.97. The van der Waals surface area contributed by atoms with Crippen molar-refractivity contribution in [3.8, 4) is 5.75 Å². The van der Waals surface area contributed by atoms with Crippen molar-refractivity contribution in [2.45, 2.75) is 6.61 Å². The lowest BCUT2D eigenvalue weighted by Crippen LogP contribution is -2.10. The van der Waals surface area contributed by atoms with E-state index >= 15 is 0 Å². The van der Waals surface area contributed by atoms with Crippen LogP contribution >= 0.6 is 22.6 Å². The minimum atomic E-state index is -0.309. The zero-order valence-corrected chi connectivity index (χ0v) is 14.2. The van der Waals surface area contributed by atoms with Gasteiger partial charge in [0.1, 0.15) is 18.1 Å². The Morgan fingerprint density at radius 1 is 1.09 bits per heavy atom. The number of pyridine rings is 1. The third-order valence-electron chi connectivity index (χ3n) is 3.02. The lowest BCUT2D eigenvalue weighted by molar-refractivity contribution is 0.0992. The molecule has 116 valence electrons. The molecule has 0 radical (unpaired) electrons. The van der Waals surface area contributed by atoms with Crippen LogP contribution in [0.15, 0.2) is 65.3 Å². The lowest BCUT2D eigenvalue weighted by Gasteiger charge is -2.04. The van der Waals surface area contributed by atoms with Crippen molar-refractivity contribution in [3.05, 3.63) is 76.0 Å². The summed E-state index contributed by atoms with van der Waals surface area (Å²) in [5, 5.41) is 2.74. The highest BCUT2D eigenvalue weighted by molar-refractivity contribution is 14.1. The minimum Gasteiger partial charge on any atom is -0.486 e. The van der Waals surface area contributed by atoms with Crippen molar-refractivity contribution < 1.29 is 13.9 Å². The summed E-state index contributed by atoms with van der Waals surface area (Å²) in [6.07, 6.45) is 3.22. The number of carbonyl (C=O) groups excluding carboxylic acids is 1. The molecule has 0 bridgehead atoms. The highest BCUT2D eigenvalue weighted by atomic mass is 127. The molecule has 0 saturated heterocycles. The second-order valence-electron chi connectivity index (χ2n) is 4.70. The molecule has 0 fully saturated rings. The fraction of sp³-hybridized carbons (Fsp3) is 0.0588. The fourth-order valence-corrected chi connectivity index (χ4v) is 2.25. The zero-order chi connectivity index (χ0) is 16.1. The van der Waals surface area contributed by atoms with E-state index in [0.29, 0.717) is 11.4 Å². The Balaban J connectivity index is 1.59. The summed E-state index contributed by atoms with van der Waals surface area (Å²) in [6, 6.07) is 14.5. The summed E-state index contributed by atoms with van der Waals surface area (Å²) in [6.45, 7) is 0.267. The molecule has 1 N–H and O–H groups in total. The first-order chi connectivity index (χ1) is 11.2. The van der Waals surface area contributed by atoms with Crippen LogP contribution in [-0.4, -0.2) is 10.9 Å². The van der Waals surface area contributed by atoms with Crippen LogP contribution in [-0.2, 0) is 6.61 Å². The molecule has 2 aromatic heterocycles. The van der Waals surface area contributed by atoms with Gasteiger partial charge in [-0.3, -0.25) is 9.78 Å². The van der Waals surface area contributed by atoms with Gasteiger partial charge in [-0.2, -0.15) is 0 Å². The normalized spacial score (nSPS) is 10.3. The maximum Gasteiger partial charge on any atom is 0.291 e. The molecule has 1 amide bonds. The quantitative estimate of drug-likeness (QED) is 0.632. The van der Waals surface area contributed by atoms with Crippen molar-refractivity contribution in [3.63, 3.8) is 0 Å². The molecule has 0 aliphatic carbocycles. The number of nitrogens with zero attached hydrogens (tertiary/aromatic N) is 1. The monoisotopic (exact) mass is 420 g/mol. The summed E-state index contributed by atoms with van der Waals surface area (Å²) in [5.41, 5.74) is 0.665. The van der Waals surface area contributed by atoms with Crippen molar-refractivity contribution in [1.29, 1.82) is 0 Å². The standard InChI is InChI=1S/C17H13IN2O3/c18-12-1-3-14(4-2-12)22-11-15-5-6-16(23-15)17(21)20-13-7-9-19-10-8-13/h1-10H,11H2,(H,19,20,21). The van der Waals surface area contributed by atoms with Gasteiger partial charge in [-0.1, -0.05) is 0 Å². The molecule has 5 nitrogen and oxygen atoms in total. The van der Waals surface area contributed by atoms with E-state index in [1.165, 1.54) is 0 Å². The molecule has 3 aromatic rings. The molecule has 0 spiro atoms. The van der Waals surface area contributed by atoms with Gasteiger partial charge in [0, 0.05) is 21.7 Å². The van der Waals surface area contributed by atoms with Gasteiger partial charge in [-0.25, -0.2) is 0 Å². The number of carbonyl (C=O) groups is 1. The number of nitrogens with one attached hydrogen (secondary N) is 1. The number of rotatable bonds is 5. The topological polar surface area (TPSA) is 64.4 Å². The summed E-state index contributed by atoms with van der Waals surface area (Å²) in [5.74, 6) is 1.27. The van der Waals surface area contributed by atoms with E-state index in [0.717, 1.165) is 9.32 Å². The van der Waals surface area contributed by atoms with Crippen LogP contribution in [0.2, 0.25) is 0 Å². The van der Waals surface area contributed by atoms with Crippen molar-refractivity contribution in [1.82, 2.24) is 4.98 Å². The van der Waals surface area contributed by atoms with Crippen LogP contribution in [0.5, 0.6) is 5.75 Å². The van der Waals surface area contributed by atoms with Crippen LogP contribution in [0.25, 0.3) is 0 Å². The Labute approximate surface area is 146 Å². The van der Waals surface area contributed by atoms with Crippen LogP contribution in [0, 0.1) is 3.57 Å². The van der Waals surface area contributed by atoms with Crippen LogP contribution in [0.3, 0.4) is 0 Å². The highest BCUT2D eigenvalue weighted by Crippen LogP contribution is 2.17. The first-order valence-electron chi connectivity index (χ1n) is 6.89. The summed E-state index contributed by atoms with van der Waals surface area (Å²) in [4.78, 5) is 16.0. The van der Waals surface area contributed by atoms with Gasteiger partial charge in [-0.05, 0) is 71.1 Å². The van der Waals surface area contributed by atoms with Crippen LogP contribution in [0.1, 0.15) is 16.3 Å². The zero-order valence-electron chi connectivity index (χ0n) is 12.0. The van der Waals surface area contributed by atoms with E-state index in [2.05, 4.69) is 32.9 Å². The Hall–Kier alpha value is -2.35. The van der Waals surface area contributed by atoms with E-state index < -0.39 is 0 Å². The maximum absolute atomic E-state index is 12.1. The van der Waals surface area contributed by atoms with Gasteiger partial charge < -0.3 is 14.5 Å². The molecule has 2 heterocycles. The number of hydrogen-bond acceptors (Lipinski definition) is 4. The van der Waals surface area contributed by atoms with Crippen LogP contribution < -0.4 is 10.1 Å². The largest absolute Gasteiger partial charge is 0.486 e. The predicted octanol–water partition coefficient (Wildman–Crippen LogP) is 4.11. The molecule has 0 unspecified atom stereocenters. The van der Waals surface area contributed by atoms with Crippen LogP contribution in [0.4, 0.5) is 5.69 Å². The van der Waals surface area contributed by atoms with Crippen molar-refractivity contribution >= 4 is 34.2 Å². The molecule has 0 aliphatic heterocycles. The molecule has 0 atom stereocenters. The maximum atomic E-state index is 12.1. The number of halogens is 1. The first kappa shape index (κ1) is 15.5. The van der Waals surface area contributed by atoms with E-state index in [1.807, 2.05) is 24.3 Å². The number of furan rings is 1. The molecule has 0 aliphatic rings. The van der Waals surface area contributed by atoms with Crippen molar-refractivity contribution in [2.24, 2.45) is 0 Å². The molecule has 1 aromatic carbocycles. The predicted molar refractivity (Wildman–Crippen MR) is 94.4 cm³/mol. The average Bonchev–Trinajstić information content (AvgIpc) is 3.04. The number of hydrogen-bond donors (Lipinski definition) is 1. The molecular formula is C17H13IN2O3. The number of ether oxygens (including phenoxy) is 1. The summed E-state index contributed by atoms with van der Waals surface area (Å²) in [7, 11) is 0. The van der Waals surface area contributed by atoms with Gasteiger partial charge in [0.15, 0.2) is 5.76 Å². The Morgan fingerprint density at radius 3 is 2.57 bits per heavy atom. The average molecular weight is 420 g/mol. The minimum absolute atomic E-state index is 0.239. The smallest absolute Gasteiger partial charge is 0.291 e. The highest BCUT2D eigenvalue weighted by Gasteiger charge is 2.11. The Bertz CT molecular complexity index is 785. The molecule has 3 rings (SSSR count). The number of anilines is 1. The van der Waals surface area contributed by atoms with Gasteiger partial charge in [0.25, 0.3) is 5.91 Å². The number of amides is 1. The second-order valence-corrected chi connectivity index (χ2v) is 5.94. The van der Waals surface area contributed by atoms with E-state index in [9.17, 15) is 4.79 Å². The van der Waals surface area contributed by atoms with Gasteiger partial charge in [-0.15, -0.1) is 0 Å². The summed E-state index contributed by atoms with van der Waals surface area (Å²) < 4.78 is 12.3. The molecule has 6 heteroatoms. The molecule has 0 saturated carbocycles. The lowest BCUT2D eigenvalue weighted by atomic mass is 10.3. The Kier molecular flexibility index (Phi) is 4.92. The number of benzene rings is 1. The van der Waals surface area contributed by atoms with E-state index in [4.69, 9.17) is 9.15 Å².